The Morgan fingerprint density at radius 2 is 2.21 bits per heavy atom. The highest BCUT2D eigenvalue weighted by Crippen LogP contribution is 2.28. The van der Waals surface area contributed by atoms with E-state index in [1.54, 1.807) is 11.2 Å². The van der Waals surface area contributed by atoms with E-state index in [-0.39, 0.29) is 11.8 Å². The highest BCUT2D eigenvalue weighted by molar-refractivity contribution is 5.94. The van der Waals surface area contributed by atoms with Crippen LogP contribution in [0.2, 0.25) is 0 Å². The topological polar surface area (TPSA) is 85.3 Å². The van der Waals surface area contributed by atoms with Crippen LogP contribution in [-0.2, 0) is 29.6 Å². The van der Waals surface area contributed by atoms with Crippen molar-refractivity contribution in [1.29, 1.82) is 0 Å². The summed E-state index contributed by atoms with van der Waals surface area (Å²) in [6.45, 7) is 1.63. The van der Waals surface area contributed by atoms with Gasteiger partial charge in [-0.3, -0.25) is 14.5 Å². The molecular weight excluding hydrogens is 370 g/mol. The number of hydrogen-bond acceptors (Lipinski definition) is 4. The van der Waals surface area contributed by atoms with Gasteiger partial charge >= 0.3 is 0 Å². The monoisotopic (exact) mass is 395 g/mol. The first-order chi connectivity index (χ1) is 14.1. The van der Waals surface area contributed by atoms with E-state index in [4.69, 9.17) is 4.42 Å². The number of furan rings is 1. The first kappa shape index (κ1) is 19.0. The van der Waals surface area contributed by atoms with Crippen molar-refractivity contribution in [2.45, 2.75) is 32.2 Å². The van der Waals surface area contributed by atoms with Crippen LogP contribution in [0.25, 0.3) is 11.4 Å². The fourth-order valence-corrected chi connectivity index (χ4v) is 3.61. The largest absolute Gasteiger partial charge is 0.469 e. The summed E-state index contributed by atoms with van der Waals surface area (Å²) in [5.41, 5.74) is 1.86. The SMILES string of the molecule is Cn1cccc1-c1cc2n(n1)CCC(=O)N2CCCC(=O)NCCc1ccco1. The zero-order valence-corrected chi connectivity index (χ0v) is 16.5. The van der Waals surface area contributed by atoms with Crippen LogP contribution in [0.3, 0.4) is 0 Å². The number of anilines is 1. The second-order valence-corrected chi connectivity index (χ2v) is 7.19. The molecule has 1 N–H and O–H groups in total. The number of amides is 2. The van der Waals surface area contributed by atoms with Crippen LogP contribution in [0, 0.1) is 0 Å². The van der Waals surface area contributed by atoms with E-state index in [0.717, 1.165) is 23.0 Å². The third-order valence-electron chi connectivity index (χ3n) is 5.14. The van der Waals surface area contributed by atoms with E-state index >= 15 is 0 Å². The summed E-state index contributed by atoms with van der Waals surface area (Å²) in [7, 11) is 1.97. The average Bonchev–Trinajstić information content (AvgIpc) is 3.44. The Morgan fingerprint density at radius 3 is 2.97 bits per heavy atom. The number of aryl methyl sites for hydroxylation is 2. The number of hydrogen-bond donors (Lipinski definition) is 1. The lowest BCUT2D eigenvalue weighted by atomic mass is 10.2. The summed E-state index contributed by atoms with van der Waals surface area (Å²) in [5, 5.41) is 7.56. The Labute approximate surface area is 169 Å². The number of aromatic nitrogens is 3. The van der Waals surface area contributed by atoms with Crippen LogP contribution in [-0.4, -0.2) is 39.3 Å². The fourth-order valence-electron chi connectivity index (χ4n) is 3.61. The normalized spacial score (nSPS) is 13.6. The number of carbonyl (C=O) groups excluding carboxylic acids is 2. The van der Waals surface area contributed by atoms with Crippen molar-refractivity contribution in [3.8, 4) is 11.4 Å². The van der Waals surface area contributed by atoms with Crippen molar-refractivity contribution in [3.63, 3.8) is 0 Å². The molecule has 152 valence electrons. The van der Waals surface area contributed by atoms with Crippen LogP contribution in [0.15, 0.2) is 47.2 Å². The summed E-state index contributed by atoms with van der Waals surface area (Å²) >= 11 is 0. The van der Waals surface area contributed by atoms with Gasteiger partial charge in [0.2, 0.25) is 11.8 Å². The molecule has 3 aromatic rings. The second-order valence-electron chi connectivity index (χ2n) is 7.19. The van der Waals surface area contributed by atoms with Gasteiger partial charge in [0.1, 0.15) is 17.3 Å². The van der Waals surface area contributed by atoms with Gasteiger partial charge in [0, 0.05) is 51.7 Å². The van der Waals surface area contributed by atoms with Crippen molar-refractivity contribution in [2.24, 2.45) is 7.05 Å². The smallest absolute Gasteiger partial charge is 0.229 e. The molecule has 0 fully saturated rings. The van der Waals surface area contributed by atoms with Crippen molar-refractivity contribution >= 4 is 17.6 Å². The van der Waals surface area contributed by atoms with Gasteiger partial charge in [-0.25, -0.2) is 4.68 Å². The number of fused-ring (bicyclic) bond motifs is 1. The molecule has 0 radical (unpaired) electrons. The van der Waals surface area contributed by atoms with Gasteiger partial charge in [-0.2, -0.15) is 5.10 Å². The van der Waals surface area contributed by atoms with Crippen LogP contribution in [0.5, 0.6) is 0 Å². The number of nitrogens with zero attached hydrogens (tertiary/aromatic N) is 4. The third-order valence-corrected chi connectivity index (χ3v) is 5.14. The van der Waals surface area contributed by atoms with E-state index < -0.39 is 0 Å². The molecule has 0 saturated heterocycles. The summed E-state index contributed by atoms with van der Waals surface area (Å²) in [4.78, 5) is 26.3. The van der Waals surface area contributed by atoms with E-state index in [0.29, 0.717) is 45.3 Å². The highest BCUT2D eigenvalue weighted by Gasteiger charge is 2.26. The van der Waals surface area contributed by atoms with Gasteiger partial charge in [-0.05, 0) is 30.7 Å². The lowest BCUT2D eigenvalue weighted by molar-refractivity contribution is -0.122. The third kappa shape index (κ3) is 4.26. The molecule has 0 aromatic carbocycles. The first-order valence-electron chi connectivity index (χ1n) is 9.91. The zero-order chi connectivity index (χ0) is 20.2. The molecule has 8 nitrogen and oxygen atoms in total. The molecule has 0 aliphatic carbocycles. The van der Waals surface area contributed by atoms with E-state index in [2.05, 4.69) is 10.4 Å². The second kappa shape index (κ2) is 8.38. The average molecular weight is 395 g/mol. The van der Waals surface area contributed by atoms with Crippen LogP contribution >= 0.6 is 0 Å². The van der Waals surface area contributed by atoms with Crippen molar-refractivity contribution < 1.29 is 14.0 Å². The predicted octanol–water partition coefficient (Wildman–Crippen LogP) is 2.36. The lowest BCUT2D eigenvalue weighted by Crippen LogP contribution is -2.38. The molecule has 8 heteroatoms. The maximum atomic E-state index is 12.5. The van der Waals surface area contributed by atoms with E-state index in [9.17, 15) is 9.59 Å². The van der Waals surface area contributed by atoms with E-state index in [1.165, 1.54) is 0 Å². The maximum Gasteiger partial charge on any atom is 0.229 e. The minimum atomic E-state index is -0.0148. The molecule has 0 unspecified atom stereocenters. The predicted molar refractivity (Wildman–Crippen MR) is 108 cm³/mol. The molecule has 29 heavy (non-hydrogen) atoms. The van der Waals surface area contributed by atoms with Gasteiger partial charge < -0.3 is 14.3 Å². The number of nitrogens with one attached hydrogen (secondary N) is 1. The van der Waals surface area contributed by atoms with Gasteiger partial charge in [-0.1, -0.05) is 0 Å². The Morgan fingerprint density at radius 1 is 1.31 bits per heavy atom. The van der Waals surface area contributed by atoms with Gasteiger partial charge in [-0.15, -0.1) is 0 Å². The Kier molecular flexibility index (Phi) is 5.50. The summed E-state index contributed by atoms with van der Waals surface area (Å²) in [6, 6.07) is 9.66. The molecule has 1 aliphatic heterocycles. The molecule has 0 spiro atoms. The maximum absolute atomic E-state index is 12.5. The Bertz CT molecular complexity index is 986. The quantitative estimate of drug-likeness (QED) is 0.634. The first-order valence-corrected chi connectivity index (χ1v) is 9.91. The van der Waals surface area contributed by atoms with Gasteiger partial charge in [0.05, 0.1) is 18.5 Å². The molecule has 0 bridgehead atoms. The Hall–Kier alpha value is -3.29. The molecule has 4 heterocycles. The minimum Gasteiger partial charge on any atom is -0.469 e. The summed E-state index contributed by atoms with van der Waals surface area (Å²) in [5.74, 6) is 1.72. The van der Waals surface area contributed by atoms with E-state index in [1.807, 2.05) is 52.8 Å². The molecule has 0 saturated carbocycles. The number of rotatable bonds is 8. The standard InChI is InChI=1S/C21H25N5O3/c1-24-11-2-6-18(24)17-15-20-25(21(28)9-13-26(20)23-17)12-3-7-19(27)22-10-8-16-5-4-14-29-16/h2,4-6,11,14-15H,3,7-10,12-13H2,1H3,(H,22,27). The molecule has 3 aromatic heterocycles. The Balaban J connectivity index is 1.32. The van der Waals surface area contributed by atoms with Crippen LogP contribution < -0.4 is 10.2 Å². The van der Waals surface area contributed by atoms with Crippen molar-refractivity contribution in [1.82, 2.24) is 19.7 Å². The van der Waals surface area contributed by atoms with Crippen LogP contribution in [0.1, 0.15) is 25.0 Å². The lowest BCUT2D eigenvalue weighted by Gasteiger charge is -2.27. The van der Waals surface area contributed by atoms with Gasteiger partial charge in [0.15, 0.2) is 0 Å². The van der Waals surface area contributed by atoms with Crippen LogP contribution in [0.4, 0.5) is 5.82 Å². The zero-order valence-electron chi connectivity index (χ0n) is 16.5. The van der Waals surface area contributed by atoms with Crippen molar-refractivity contribution in [2.75, 3.05) is 18.0 Å². The molecule has 0 atom stereocenters. The summed E-state index contributed by atoms with van der Waals surface area (Å²) in [6.07, 6.45) is 5.67. The molecular formula is C21H25N5O3. The molecule has 2 amide bonds. The van der Waals surface area contributed by atoms with Crippen molar-refractivity contribution in [3.05, 3.63) is 48.6 Å². The minimum absolute atomic E-state index is 0.0148. The van der Waals surface area contributed by atoms with Gasteiger partial charge in [0.25, 0.3) is 0 Å². The highest BCUT2D eigenvalue weighted by atomic mass is 16.3. The molecule has 1 aliphatic rings. The fraction of sp³-hybridized carbons (Fsp3) is 0.381. The summed E-state index contributed by atoms with van der Waals surface area (Å²) < 4.78 is 9.14. The number of carbonyl (C=O) groups is 2. The molecule has 4 rings (SSSR count).